The fourth-order valence-electron chi connectivity index (χ4n) is 8.37. The van der Waals surface area contributed by atoms with Gasteiger partial charge in [-0.3, -0.25) is 43.6 Å². The Bertz CT molecular complexity index is 2240. The number of hydrogen-bond acceptors (Lipinski definition) is 12. The van der Waals surface area contributed by atoms with Crippen LogP contribution in [-0.2, 0) is 57.6 Å². The summed E-state index contributed by atoms with van der Waals surface area (Å²) in [5, 5.41) is 31.2. The van der Waals surface area contributed by atoms with Crippen molar-refractivity contribution in [2.75, 3.05) is 25.4 Å². The van der Waals surface area contributed by atoms with E-state index in [4.69, 9.17) is 5.73 Å². The second-order valence-electron chi connectivity index (χ2n) is 17.6. The maximum absolute atomic E-state index is 14.1. The third-order valence-corrected chi connectivity index (χ3v) is 13.7. The minimum atomic E-state index is -1.28. The van der Waals surface area contributed by atoms with Gasteiger partial charge in [0.15, 0.2) is 0 Å². The lowest BCUT2D eigenvalue weighted by Gasteiger charge is -2.25. The molecule has 71 heavy (non-hydrogen) atoms. The van der Waals surface area contributed by atoms with Gasteiger partial charge in [-0.05, 0) is 62.5 Å². The predicted molar refractivity (Wildman–Crippen MR) is 262 cm³/mol. The highest BCUT2D eigenvalue weighted by Gasteiger charge is 2.42. The van der Waals surface area contributed by atoms with E-state index >= 15 is 0 Å². The molecular formula is C48H66N12O10S. The van der Waals surface area contributed by atoms with Crippen molar-refractivity contribution in [3.05, 3.63) is 90.0 Å². The zero-order chi connectivity index (χ0) is 51.0. The van der Waals surface area contributed by atoms with E-state index in [1.807, 2.05) is 42.1 Å². The molecule has 0 bridgehead atoms. The predicted octanol–water partition coefficient (Wildman–Crippen LogP) is -0.0861. The number of imidazole rings is 1. The van der Waals surface area contributed by atoms with E-state index in [-0.39, 0.29) is 56.1 Å². The molecule has 2 aliphatic heterocycles. The molecule has 5 rings (SSSR count). The number of amides is 10. The van der Waals surface area contributed by atoms with E-state index < -0.39 is 78.5 Å². The van der Waals surface area contributed by atoms with Crippen LogP contribution in [0.2, 0.25) is 0 Å². The van der Waals surface area contributed by atoms with Crippen LogP contribution in [0.15, 0.2) is 73.2 Å². The van der Waals surface area contributed by atoms with E-state index in [9.17, 15) is 48.4 Å². The third kappa shape index (κ3) is 19.4. The molecule has 1 unspecified atom stereocenters. The Balaban J connectivity index is 1.06. The molecule has 384 valence electrons. The monoisotopic (exact) mass is 1000 g/mol. The summed E-state index contributed by atoms with van der Waals surface area (Å²) in [6.45, 7) is -0.754. The first-order valence-corrected chi connectivity index (χ1v) is 25.0. The van der Waals surface area contributed by atoms with Gasteiger partial charge in [-0.15, -0.1) is 0 Å². The van der Waals surface area contributed by atoms with Crippen LogP contribution < -0.4 is 53.7 Å². The number of nitrogens with zero attached hydrogens (tertiary/aromatic N) is 1. The number of aromatic amines is 1. The molecule has 1 aromatic heterocycles. The lowest BCUT2D eigenvalue weighted by atomic mass is 9.94. The van der Waals surface area contributed by atoms with E-state index in [2.05, 4.69) is 52.5 Å². The molecule has 10 amide bonds. The van der Waals surface area contributed by atoms with Gasteiger partial charge in [0.2, 0.25) is 47.3 Å². The number of carbonyl (C=O) groups is 9. The Hall–Kier alpha value is -7.01. The number of nitrogens with one attached hydrogen (secondary N) is 10. The zero-order valence-electron chi connectivity index (χ0n) is 39.5. The average Bonchev–Trinajstić information content (AvgIpc) is 4.11. The lowest BCUT2D eigenvalue weighted by Crippen LogP contribution is -2.56. The van der Waals surface area contributed by atoms with Crippen LogP contribution in [0.1, 0.15) is 81.0 Å². The Labute approximate surface area is 416 Å². The highest BCUT2D eigenvalue weighted by Crippen LogP contribution is 2.33. The van der Waals surface area contributed by atoms with Gasteiger partial charge in [0.25, 0.3) is 0 Å². The van der Waals surface area contributed by atoms with Crippen molar-refractivity contribution in [3.8, 4) is 0 Å². The molecule has 3 heterocycles. The molecule has 2 fully saturated rings. The average molecular weight is 1000 g/mol. The summed E-state index contributed by atoms with van der Waals surface area (Å²) in [6.07, 6.45) is 7.92. The number of carbonyl (C=O) groups excluding carboxylic acids is 9. The minimum absolute atomic E-state index is 0.0177. The molecule has 7 atom stereocenters. The van der Waals surface area contributed by atoms with Gasteiger partial charge in [0.05, 0.1) is 31.5 Å². The lowest BCUT2D eigenvalue weighted by molar-refractivity contribution is -0.137. The minimum Gasteiger partial charge on any atom is -0.368 e. The molecule has 2 aromatic carbocycles. The number of benzene rings is 2. The number of unbranched alkanes of at least 4 members (excludes halogenated alkanes) is 2. The summed E-state index contributed by atoms with van der Waals surface area (Å²) in [7, 11) is 0. The first kappa shape index (κ1) is 54.9. The smallest absolute Gasteiger partial charge is 0.315 e. The topological polar surface area (TPSA) is 337 Å². The third-order valence-electron chi connectivity index (χ3n) is 12.2. The molecule has 0 radical (unpaired) electrons. The fraction of sp³-hybridized carbons (Fsp3) is 0.500. The van der Waals surface area contributed by atoms with Crippen molar-refractivity contribution in [3.63, 3.8) is 0 Å². The molecule has 13 N–H and O–H groups in total. The number of fused-ring (bicyclic) bond motifs is 1. The summed E-state index contributed by atoms with van der Waals surface area (Å²) < 4.78 is 0. The van der Waals surface area contributed by atoms with Gasteiger partial charge >= 0.3 is 6.03 Å². The first-order chi connectivity index (χ1) is 34.3. The van der Waals surface area contributed by atoms with E-state index in [1.165, 1.54) is 12.5 Å². The van der Waals surface area contributed by atoms with E-state index in [0.29, 0.717) is 55.2 Å². The molecule has 2 aliphatic rings. The van der Waals surface area contributed by atoms with Crippen LogP contribution in [0.25, 0.3) is 0 Å². The number of hydrogen-bond donors (Lipinski definition) is 12. The van der Waals surface area contributed by atoms with Crippen LogP contribution >= 0.6 is 11.8 Å². The maximum Gasteiger partial charge on any atom is 0.315 e. The second-order valence-corrected chi connectivity index (χ2v) is 18.9. The van der Waals surface area contributed by atoms with Crippen LogP contribution in [0, 0.1) is 5.92 Å². The molecule has 3 aromatic rings. The number of hydroxylamine groups is 1. The van der Waals surface area contributed by atoms with Gasteiger partial charge in [-0.25, -0.2) is 15.3 Å². The van der Waals surface area contributed by atoms with E-state index in [0.717, 1.165) is 30.6 Å². The van der Waals surface area contributed by atoms with Crippen LogP contribution in [-0.4, -0.2) is 129 Å². The number of primary amides is 1. The second kappa shape index (κ2) is 29.2. The number of nitrogens with two attached hydrogens (primary N) is 1. The highest BCUT2D eigenvalue weighted by atomic mass is 32.2. The number of rotatable bonds is 31. The normalized spacial score (nSPS) is 17.4. The Morgan fingerprint density at radius 2 is 1.41 bits per heavy atom. The van der Waals surface area contributed by atoms with Crippen molar-refractivity contribution < 1.29 is 48.4 Å². The van der Waals surface area contributed by atoms with Crippen LogP contribution in [0.5, 0.6) is 0 Å². The quantitative estimate of drug-likeness (QED) is 0.0174. The maximum atomic E-state index is 14.1. The first-order valence-electron chi connectivity index (χ1n) is 23.9. The summed E-state index contributed by atoms with van der Waals surface area (Å²) in [4.78, 5) is 122. The number of aromatic nitrogens is 2. The molecular weight excluding hydrogens is 937 g/mol. The standard InChI is InChI=1S/C48H66N12O10S/c49-44(65)34(18-9-10-21-51-39(61)20-8-7-19-38-43-37(28-71-38)58-48(69)59-43)55-42(64)27-52-41(63)26-53-46(67)36(24-33-25-50-29-54-33)57-47(68)35(22-31-14-5-2-6-15-31)56-45(66)32(23-40(62)60-70)17-11-16-30-12-3-1-4-13-30/h1-6,12-15,25,29,32,34-38,43,70H,7-11,16-24,26-28H2,(H2,49,65)(H,50,54)(H,51,61)(H,52,63)(H,53,67)(H,55,64)(H,56,66)(H,57,68)(H,60,62)(H2,58,59,69)/t32?,34-,35-,36-,37-,38-,43-/m0/s1. The Morgan fingerprint density at radius 1 is 0.704 bits per heavy atom. The molecule has 22 nitrogen and oxygen atoms in total. The number of aryl methyl sites for hydroxylation is 1. The number of H-pyrrole nitrogens is 1. The van der Waals surface area contributed by atoms with Crippen molar-refractivity contribution in [1.82, 2.24) is 58.0 Å². The molecule has 0 spiro atoms. The summed E-state index contributed by atoms with van der Waals surface area (Å²) in [5.41, 5.74) is 9.30. The summed E-state index contributed by atoms with van der Waals surface area (Å²) in [5.74, 6) is -5.21. The summed E-state index contributed by atoms with van der Waals surface area (Å²) >= 11 is 1.83. The highest BCUT2D eigenvalue weighted by molar-refractivity contribution is 8.00. The Kier molecular flexibility index (Phi) is 22.6. The molecule has 0 saturated carbocycles. The Morgan fingerprint density at radius 3 is 2.11 bits per heavy atom. The molecule has 0 aliphatic carbocycles. The van der Waals surface area contributed by atoms with E-state index in [1.54, 1.807) is 35.8 Å². The van der Waals surface area contributed by atoms with Crippen molar-refractivity contribution >= 4 is 65.1 Å². The van der Waals surface area contributed by atoms with Crippen LogP contribution in [0.4, 0.5) is 4.79 Å². The molecule has 2 saturated heterocycles. The molecule has 23 heteroatoms. The van der Waals surface area contributed by atoms with Crippen molar-refractivity contribution in [2.45, 2.75) is 119 Å². The van der Waals surface area contributed by atoms with Crippen molar-refractivity contribution in [1.29, 1.82) is 0 Å². The summed E-state index contributed by atoms with van der Waals surface area (Å²) in [6, 6.07) is 15.1. The van der Waals surface area contributed by atoms with Gasteiger partial charge < -0.3 is 53.3 Å². The van der Waals surface area contributed by atoms with Gasteiger partial charge in [-0.1, -0.05) is 67.1 Å². The van der Waals surface area contributed by atoms with Gasteiger partial charge in [-0.2, -0.15) is 11.8 Å². The number of urea groups is 1. The number of thioether (sulfide) groups is 1. The SMILES string of the molecule is NC(=O)[C@H](CCCCNC(=O)CCCC[C@@H]1SC[C@@H]2NC(=O)N[C@@H]21)NC(=O)CNC(=O)CNC(=O)[C@H](Cc1cnc[nH]1)NC(=O)[C@H](Cc1ccccc1)NC(=O)C(CCCc1ccccc1)CC(=O)NO. The van der Waals surface area contributed by atoms with Gasteiger partial charge in [0.1, 0.15) is 18.1 Å². The fourth-order valence-corrected chi connectivity index (χ4v) is 9.91. The van der Waals surface area contributed by atoms with Gasteiger partial charge in [0, 0.05) is 61.0 Å². The largest absolute Gasteiger partial charge is 0.368 e. The van der Waals surface area contributed by atoms with Crippen molar-refractivity contribution in [2.24, 2.45) is 11.7 Å². The van der Waals surface area contributed by atoms with Crippen LogP contribution in [0.3, 0.4) is 0 Å². The zero-order valence-corrected chi connectivity index (χ0v) is 40.4.